The summed E-state index contributed by atoms with van der Waals surface area (Å²) in [5.41, 5.74) is 7.84. The highest BCUT2D eigenvalue weighted by molar-refractivity contribution is 5.68. The van der Waals surface area contributed by atoms with Gasteiger partial charge in [0.1, 0.15) is 0 Å². The van der Waals surface area contributed by atoms with Gasteiger partial charge in [0.15, 0.2) is 0 Å². The summed E-state index contributed by atoms with van der Waals surface area (Å²) in [5, 5.41) is 16.1. The number of benzene rings is 1. The van der Waals surface area contributed by atoms with E-state index in [0.717, 1.165) is 12.2 Å². The smallest absolute Gasteiger partial charge is 0.0992 e. The molecule has 1 aromatic carbocycles. The third-order valence-electron chi connectivity index (χ3n) is 2.40. The van der Waals surface area contributed by atoms with Gasteiger partial charge in [-0.25, -0.2) is 0 Å². The monoisotopic (exact) mass is 227 g/mol. The maximum absolute atomic E-state index is 8.80. The molecule has 0 bridgehead atoms. The average molecular weight is 227 g/mol. The molecule has 0 saturated carbocycles. The lowest BCUT2D eigenvalue weighted by Crippen LogP contribution is -2.11. The van der Waals surface area contributed by atoms with Crippen molar-refractivity contribution < 1.29 is 0 Å². The van der Waals surface area contributed by atoms with Gasteiger partial charge in [0.2, 0.25) is 0 Å². The quantitative estimate of drug-likeness (QED) is 0.775. The molecule has 1 aromatic heterocycles. The Morgan fingerprint density at radius 2 is 2.35 bits per heavy atom. The fourth-order valence-electron chi connectivity index (χ4n) is 1.52. The van der Waals surface area contributed by atoms with Crippen molar-refractivity contribution in [3.63, 3.8) is 0 Å². The molecular weight excluding hydrogens is 214 g/mol. The fourth-order valence-corrected chi connectivity index (χ4v) is 1.52. The summed E-state index contributed by atoms with van der Waals surface area (Å²) in [5.74, 6) is 0. The van der Waals surface area contributed by atoms with Crippen LogP contribution >= 0.6 is 0 Å². The number of nitrogens with two attached hydrogens (primary N) is 1. The van der Waals surface area contributed by atoms with Crippen LogP contribution in [0.1, 0.15) is 5.56 Å². The molecule has 2 rings (SSSR count). The van der Waals surface area contributed by atoms with Gasteiger partial charge in [0.05, 0.1) is 29.6 Å². The Bertz CT molecular complexity index is 524. The molecule has 3 N–H and O–H groups in total. The van der Waals surface area contributed by atoms with Gasteiger partial charge >= 0.3 is 0 Å². The number of rotatable bonds is 4. The number of anilines is 2. The van der Waals surface area contributed by atoms with Crippen LogP contribution in [-0.2, 0) is 6.54 Å². The Kier molecular flexibility index (Phi) is 3.26. The zero-order valence-corrected chi connectivity index (χ0v) is 9.30. The van der Waals surface area contributed by atoms with E-state index in [9.17, 15) is 0 Å². The Balaban J connectivity index is 1.97. The summed E-state index contributed by atoms with van der Waals surface area (Å²) >= 11 is 0. The minimum absolute atomic E-state index is 0.598. The second kappa shape index (κ2) is 5.03. The predicted octanol–water partition coefficient (Wildman–Crippen LogP) is 1.45. The number of nitrogens with one attached hydrogen (secondary N) is 1. The standard InChI is InChI=1S/C12H13N5/c13-9-10-2-3-11(14)12(8-10)15-5-7-17-6-1-4-16-17/h1-4,6,8,15H,5,7,14H2. The van der Waals surface area contributed by atoms with Crippen molar-refractivity contribution in [2.45, 2.75) is 6.54 Å². The Morgan fingerprint density at radius 1 is 1.47 bits per heavy atom. The zero-order chi connectivity index (χ0) is 12.1. The Hall–Kier alpha value is -2.48. The Morgan fingerprint density at radius 3 is 3.06 bits per heavy atom. The number of nitrogens with zero attached hydrogens (tertiary/aromatic N) is 3. The lowest BCUT2D eigenvalue weighted by molar-refractivity contribution is 0.638. The lowest BCUT2D eigenvalue weighted by atomic mass is 10.2. The average Bonchev–Trinajstić information content (AvgIpc) is 2.84. The molecule has 0 fully saturated rings. The summed E-state index contributed by atoms with van der Waals surface area (Å²) in [7, 11) is 0. The zero-order valence-electron chi connectivity index (χ0n) is 9.30. The van der Waals surface area contributed by atoms with Crippen LogP contribution in [-0.4, -0.2) is 16.3 Å². The van der Waals surface area contributed by atoms with E-state index in [4.69, 9.17) is 11.0 Å². The van der Waals surface area contributed by atoms with E-state index >= 15 is 0 Å². The molecule has 2 aromatic rings. The molecule has 5 nitrogen and oxygen atoms in total. The van der Waals surface area contributed by atoms with E-state index in [1.54, 1.807) is 24.4 Å². The SMILES string of the molecule is N#Cc1ccc(N)c(NCCn2cccn2)c1. The van der Waals surface area contributed by atoms with Crippen molar-refractivity contribution >= 4 is 11.4 Å². The first-order chi connectivity index (χ1) is 8.29. The molecule has 0 aliphatic carbocycles. The molecule has 0 aliphatic rings. The number of hydrogen-bond donors (Lipinski definition) is 2. The minimum atomic E-state index is 0.598. The molecule has 0 unspecified atom stereocenters. The first-order valence-electron chi connectivity index (χ1n) is 5.30. The third-order valence-corrected chi connectivity index (χ3v) is 2.40. The summed E-state index contributed by atoms with van der Waals surface area (Å²) in [4.78, 5) is 0. The van der Waals surface area contributed by atoms with E-state index in [-0.39, 0.29) is 0 Å². The fraction of sp³-hybridized carbons (Fsp3) is 0.167. The van der Waals surface area contributed by atoms with Crippen molar-refractivity contribution in [2.24, 2.45) is 0 Å². The van der Waals surface area contributed by atoms with Crippen LogP contribution in [0, 0.1) is 11.3 Å². The van der Waals surface area contributed by atoms with Crippen LogP contribution < -0.4 is 11.1 Å². The van der Waals surface area contributed by atoms with Crippen LogP contribution in [0.5, 0.6) is 0 Å². The highest BCUT2D eigenvalue weighted by Gasteiger charge is 2.00. The van der Waals surface area contributed by atoms with Crippen LogP contribution in [0.4, 0.5) is 11.4 Å². The first-order valence-corrected chi connectivity index (χ1v) is 5.30. The largest absolute Gasteiger partial charge is 0.397 e. The maximum atomic E-state index is 8.80. The lowest BCUT2D eigenvalue weighted by Gasteiger charge is -2.09. The van der Waals surface area contributed by atoms with Gasteiger partial charge in [-0.05, 0) is 24.3 Å². The van der Waals surface area contributed by atoms with E-state index < -0.39 is 0 Å². The van der Waals surface area contributed by atoms with Crippen molar-refractivity contribution in [3.8, 4) is 6.07 Å². The summed E-state index contributed by atoms with van der Waals surface area (Å²) < 4.78 is 1.83. The minimum Gasteiger partial charge on any atom is -0.397 e. The van der Waals surface area contributed by atoms with Crippen molar-refractivity contribution in [1.82, 2.24) is 9.78 Å². The molecule has 0 saturated heterocycles. The molecule has 5 heteroatoms. The van der Waals surface area contributed by atoms with Gasteiger partial charge < -0.3 is 11.1 Å². The maximum Gasteiger partial charge on any atom is 0.0992 e. The molecule has 0 aliphatic heterocycles. The van der Waals surface area contributed by atoms with E-state index in [1.807, 2.05) is 16.9 Å². The number of aromatic nitrogens is 2. The van der Waals surface area contributed by atoms with E-state index in [0.29, 0.717) is 17.8 Å². The van der Waals surface area contributed by atoms with Gasteiger partial charge in [-0.3, -0.25) is 4.68 Å². The second-order valence-electron chi connectivity index (χ2n) is 3.61. The molecule has 86 valence electrons. The predicted molar refractivity (Wildman–Crippen MR) is 66.3 cm³/mol. The van der Waals surface area contributed by atoms with Crippen molar-refractivity contribution in [2.75, 3.05) is 17.6 Å². The van der Waals surface area contributed by atoms with Gasteiger partial charge in [-0.15, -0.1) is 0 Å². The van der Waals surface area contributed by atoms with Crippen LogP contribution in [0.2, 0.25) is 0 Å². The Labute approximate surface area is 99.5 Å². The third kappa shape index (κ3) is 2.75. The summed E-state index contributed by atoms with van der Waals surface area (Å²) in [6, 6.07) is 9.15. The summed E-state index contributed by atoms with van der Waals surface area (Å²) in [6.45, 7) is 1.46. The van der Waals surface area contributed by atoms with Crippen molar-refractivity contribution in [1.29, 1.82) is 5.26 Å². The van der Waals surface area contributed by atoms with Gasteiger partial charge in [0.25, 0.3) is 0 Å². The first kappa shape index (κ1) is 11.0. The number of hydrogen-bond acceptors (Lipinski definition) is 4. The van der Waals surface area contributed by atoms with Crippen LogP contribution in [0.3, 0.4) is 0 Å². The van der Waals surface area contributed by atoms with Crippen molar-refractivity contribution in [3.05, 3.63) is 42.2 Å². The molecule has 0 radical (unpaired) electrons. The van der Waals surface area contributed by atoms with E-state index in [1.165, 1.54) is 0 Å². The van der Waals surface area contributed by atoms with Gasteiger partial charge in [-0.1, -0.05) is 0 Å². The molecule has 17 heavy (non-hydrogen) atoms. The topological polar surface area (TPSA) is 79.7 Å². The second-order valence-corrected chi connectivity index (χ2v) is 3.61. The molecule has 0 spiro atoms. The number of nitriles is 1. The molecule has 0 atom stereocenters. The van der Waals surface area contributed by atoms with Crippen LogP contribution in [0.25, 0.3) is 0 Å². The van der Waals surface area contributed by atoms with Crippen LogP contribution in [0.15, 0.2) is 36.7 Å². The van der Waals surface area contributed by atoms with Gasteiger partial charge in [-0.2, -0.15) is 10.4 Å². The molecule has 1 heterocycles. The van der Waals surface area contributed by atoms with E-state index in [2.05, 4.69) is 16.5 Å². The summed E-state index contributed by atoms with van der Waals surface area (Å²) in [6.07, 6.45) is 3.64. The highest BCUT2D eigenvalue weighted by atomic mass is 15.3. The van der Waals surface area contributed by atoms with Gasteiger partial charge in [0, 0.05) is 18.9 Å². The molecule has 0 amide bonds. The normalized spacial score (nSPS) is 9.82. The highest BCUT2D eigenvalue weighted by Crippen LogP contribution is 2.19. The number of nitrogen functional groups attached to an aromatic ring is 1. The molecular formula is C12H13N5.